The molecule has 0 heterocycles. The van der Waals surface area contributed by atoms with E-state index >= 15 is 0 Å². The van der Waals surface area contributed by atoms with Gasteiger partial charge in [0.1, 0.15) is 0 Å². The first-order valence-electron chi connectivity index (χ1n) is 3.91. The predicted molar refractivity (Wildman–Crippen MR) is 58.9 cm³/mol. The molecule has 0 aliphatic heterocycles. The number of thioether (sulfide) groups is 1. The van der Waals surface area contributed by atoms with Gasteiger partial charge in [0.25, 0.3) is 0 Å². The number of rotatable bonds is 3. The molecule has 0 amide bonds. The van der Waals surface area contributed by atoms with Crippen LogP contribution >= 0.6 is 11.8 Å². The van der Waals surface area contributed by atoms with Crippen molar-refractivity contribution in [1.29, 1.82) is 0 Å². The van der Waals surface area contributed by atoms with Crippen molar-refractivity contribution in [3.63, 3.8) is 0 Å². The molecule has 68 valence electrons. The van der Waals surface area contributed by atoms with Crippen molar-refractivity contribution < 1.29 is 29.6 Å². The summed E-state index contributed by atoms with van der Waals surface area (Å²) in [6.45, 7) is 1.80. The van der Waals surface area contributed by atoms with E-state index in [1.165, 1.54) is 6.20 Å². The molecule has 1 aromatic carbocycles. The molecular formula is C10H11N2NaS. The molecular weight excluding hydrogens is 203 g/mol. The van der Waals surface area contributed by atoms with Crippen LogP contribution in [0.3, 0.4) is 0 Å². The Labute approximate surface area is 111 Å². The fourth-order valence-electron chi connectivity index (χ4n) is 0.707. The Balaban J connectivity index is 0.00000169. The SMILES string of the molecule is C/C(=C/[NH-])N=CSc1ccccc1.[Na+]. The van der Waals surface area contributed by atoms with Gasteiger partial charge in [0.2, 0.25) is 0 Å². The van der Waals surface area contributed by atoms with Crippen molar-refractivity contribution in [1.82, 2.24) is 0 Å². The number of benzene rings is 1. The van der Waals surface area contributed by atoms with E-state index in [1.54, 1.807) is 24.2 Å². The molecule has 0 unspecified atom stereocenters. The van der Waals surface area contributed by atoms with Gasteiger partial charge in [-0.15, -0.1) is 0 Å². The third kappa shape index (κ3) is 5.50. The van der Waals surface area contributed by atoms with Gasteiger partial charge in [0.15, 0.2) is 0 Å². The third-order valence-electron chi connectivity index (χ3n) is 1.40. The fraction of sp³-hybridized carbons (Fsp3) is 0.100. The Kier molecular flexibility index (Phi) is 7.99. The second-order valence-electron chi connectivity index (χ2n) is 2.45. The summed E-state index contributed by atoms with van der Waals surface area (Å²) < 4.78 is 0. The van der Waals surface area contributed by atoms with E-state index in [-0.39, 0.29) is 29.6 Å². The van der Waals surface area contributed by atoms with Gasteiger partial charge in [-0.3, -0.25) is 4.99 Å². The minimum atomic E-state index is 0. The van der Waals surface area contributed by atoms with Gasteiger partial charge in [-0.1, -0.05) is 30.0 Å². The molecule has 0 fully saturated rings. The molecule has 0 saturated carbocycles. The zero-order valence-electron chi connectivity index (χ0n) is 8.40. The molecule has 0 spiro atoms. The van der Waals surface area contributed by atoms with Crippen LogP contribution in [-0.2, 0) is 0 Å². The summed E-state index contributed by atoms with van der Waals surface area (Å²) in [5, 5.41) is 0. The summed E-state index contributed by atoms with van der Waals surface area (Å²) in [6, 6.07) is 10.0. The van der Waals surface area contributed by atoms with Crippen LogP contribution in [0.4, 0.5) is 0 Å². The van der Waals surface area contributed by atoms with Crippen LogP contribution in [-0.4, -0.2) is 5.55 Å². The summed E-state index contributed by atoms with van der Waals surface area (Å²) in [6.07, 6.45) is 1.24. The number of nitrogens with zero attached hydrogens (tertiary/aromatic N) is 1. The maximum absolute atomic E-state index is 6.91. The molecule has 0 aromatic heterocycles. The quantitative estimate of drug-likeness (QED) is 0.316. The molecule has 0 aliphatic rings. The molecule has 1 N–H and O–H groups in total. The Hall–Kier alpha value is -0.220. The van der Waals surface area contributed by atoms with Crippen molar-refractivity contribution in [2.45, 2.75) is 11.8 Å². The summed E-state index contributed by atoms with van der Waals surface area (Å²) >= 11 is 1.55. The Bertz CT molecular complexity index is 309. The summed E-state index contributed by atoms with van der Waals surface area (Å²) in [7, 11) is 0. The van der Waals surface area contributed by atoms with E-state index < -0.39 is 0 Å². The van der Waals surface area contributed by atoms with Crippen molar-refractivity contribution in [3.8, 4) is 0 Å². The topological polar surface area (TPSA) is 36.2 Å². The van der Waals surface area contributed by atoms with Crippen LogP contribution in [0.5, 0.6) is 0 Å². The van der Waals surface area contributed by atoms with Crippen LogP contribution in [0.25, 0.3) is 5.73 Å². The van der Waals surface area contributed by atoms with Gasteiger partial charge in [-0.05, 0) is 19.1 Å². The van der Waals surface area contributed by atoms with Crippen LogP contribution in [0, 0.1) is 0 Å². The zero-order chi connectivity index (χ0) is 9.52. The van der Waals surface area contributed by atoms with E-state index in [0.717, 1.165) is 4.90 Å². The Morgan fingerprint density at radius 1 is 1.36 bits per heavy atom. The van der Waals surface area contributed by atoms with Gasteiger partial charge >= 0.3 is 29.6 Å². The van der Waals surface area contributed by atoms with E-state index in [0.29, 0.717) is 5.70 Å². The Morgan fingerprint density at radius 3 is 2.57 bits per heavy atom. The van der Waals surface area contributed by atoms with Gasteiger partial charge in [0.05, 0.1) is 5.55 Å². The van der Waals surface area contributed by atoms with E-state index in [2.05, 4.69) is 4.99 Å². The maximum atomic E-state index is 6.91. The first kappa shape index (κ1) is 13.8. The van der Waals surface area contributed by atoms with Crippen LogP contribution in [0.1, 0.15) is 6.92 Å². The van der Waals surface area contributed by atoms with Gasteiger partial charge in [-0.25, -0.2) is 0 Å². The number of hydrogen-bond acceptors (Lipinski definition) is 2. The minimum Gasteiger partial charge on any atom is -0.704 e. The van der Waals surface area contributed by atoms with Gasteiger partial charge < -0.3 is 5.73 Å². The summed E-state index contributed by atoms with van der Waals surface area (Å²) in [5.41, 5.74) is 9.36. The van der Waals surface area contributed by atoms with Crippen LogP contribution in [0.15, 0.2) is 52.1 Å². The summed E-state index contributed by atoms with van der Waals surface area (Å²) in [5.74, 6) is 0. The van der Waals surface area contributed by atoms with E-state index in [4.69, 9.17) is 5.73 Å². The maximum Gasteiger partial charge on any atom is 1.00 e. The molecule has 0 bridgehead atoms. The predicted octanol–water partition coefficient (Wildman–Crippen LogP) is 0.724. The van der Waals surface area contributed by atoms with Crippen molar-refractivity contribution >= 4 is 17.3 Å². The third-order valence-corrected chi connectivity index (χ3v) is 2.15. The van der Waals surface area contributed by atoms with Crippen molar-refractivity contribution in [2.24, 2.45) is 4.99 Å². The fourth-order valence-corrected chi connectivity index (χ4v) is 1.36. The van der Waals surface area contributed by atoms with Gasteiger partial charge in [0, 0.05) is 10.6 Å². The van der Waals surface area contributed by atoms with E-state index in [9.17, 15) is 0 Å². The van der Waals surface area contributed by atoms with Crippen LogP contribution < -0.4 is 29.6 Å². The van der Waals surface area contributed by atoms with Crippen molar-refractivity contribution in [3.05, 3.63) is 48.0 Å². The Morgan fingerprint density at radius 2 is 2.00 bits per heavy atom. The number of hydrogen-bond donors (Lipinski definition) is 0. The number of nitrogens with one attached hydrogen (secondary N) is 1. The molecule has 0 aliphatic carbocycles. The first-order valence-corrected chi connectivity index (χ1v) is 4.79. The second kappa shape index (κ2) is 8.12. The van der Waals surface area contributed by atoms with Crippen LogP contribution in [0.2, 0.25) is 0 Å². The molecule has 14 heavy (non-hydrogen) atoms. The normalized spacial score (nSPS) is 11.4. The second-order valence-corrected chi connectivity index (χ2v) is 3.37. The van der Waals surface area contributed by atoms with Crippen molar-refractivity contribution in [2.75, 3.05) is 0 Å². The van der Waals surface area contributed by atoms with Gasteiger partial charge in [-0.2, -0.15) is 6.20 Å². The average Bonchev–Trinajstić information content (AvgIpc) is 2.19. The summed E-state index contributed by atoms with van der Waals surface area (Å²) in [4.78, 5) is 5.21. The smallest absolute Gasteiger partial charge is 0.704 e. The minimum absolute atomic E-state index is 0. The largest absolute Gasteiger partial charge is 1.00 e. The molecule has 0 radical (unpaired) electrons. The molecule has 2 nitrogen and oxygen atoms in total. The molecule has 0 saturated heterocycles. The molecule has 0 atom stereocenters. The monoisotopic (exact) mass is 214 g/mol. The molecule has 4 heteroatoms. The molecule has 1 aromatic rings. The standard InChI is InChI=1S/C10H11N2S.Na/c1-9(7-11)12-8-13-10-5-3-2-4-6-10;/h2-8,11H,1H3;/q-1;+1/b9-7-,12-8?;. The first-order chi connectivity index (χ1) is 6.33. The van der Waals surface area contributed by atoms with E-state index in [1.807, 2.05) is 30.3 Å². The zero-order valence-corrected chi connectivity index (χ0v) is 11.2. The molecule has 1 rings (SSSR count). The average molecular weight is 214 g/mol. The number of allylic oxidation sites excluding steroid dienone is 1. The number of aliphatic imine (C=N–C) groups is 1.